The van der Waals surface area contributed by atoms with Crippen molar-refractivity contribution < 1.29 is 9.59 Å². The molecule has 2 aromatic rings. The van der Waals surface area contributed by atoms with E-state index >= 15 is 0 Å². The SMILES string of the molecule is CCN(CC)C(=O)[C@@H]1CCCN(C(=O)c2ccc(-c3ccc(C4CCCCC4)cc3)nc2)C1. The molecule has 2 amide bonds. The lowest BCUT2D eigenvalue weighted by atomic mass is 9.84. The van der Waals surface area contributed by atoms with Gasteiger partial charge >= 0.3 is 0 Å². The fourth-order valence-corrected chi connectivity index (χ4v) is 5.39. The van der Waals surface area contributed by atoms with Gasteiger partial charge in [0.2, 0.25) is 5.91 Å². The number of carbonyl (C=O) groups excluding carboxylic acids is 2. The van der Waals surface area contributed by atoms with E-state index in [0.29, 0.717) is 37.7 Å². The summed E-state index contributed by atoms with van der Waals surface area (Å²) in [5.74, 6) is 0.738. The molecule has 2 aliphatic rings. The molecule has 0 spiro atoms. The van der Waals surface area contributed by atoms with E-state index in [1.165, 1.54) is 37.7 Å². The van der Waals surface area contributed by atoms with E-state index in [0.717, 1.165) is 24.1 Å². The van der Waals surface area contributed by atoms with Crippen LogP contribution in [0.4, 0.5) is 0 Å². The van der Waals surface area contributed by atoms with Crippen LogP contribution in [0.1, 0.15) is 80.6 Å². The van der Waals surface area contributed by atoms with E-state index in [-0.39, 0.29) is 17.7 Å². The normalized spacial score (nSPS) is 19.3. The lowest BCUT2D eigenvalue weighted by Gasteiger charge is -2.34. The minimum Gasteiger partial charge on any atom is -0.343 e. The summed E-state index contributed by atoms with van der Waals surface area (Å²) < 4.78 is 0. The second-order valence-electron chi connectivity index (χ2n) is 9.49. The number of nitrogens with zero attached hydrogens (tertiary/aromatic N) is 3. The van der Waals surface area contributed by atoms with E-state index < -0.39 is 0 Å². The molecule has 1 aliphatic carbocycles. The van der Waals surface area contributed by atoms with Crippen molar-refractivity contribution in [2.45, 2.75) is 64.7 Å². The highest BCUT2D eigenvalue weighted by Crippen LogP contribution is 2.33. The smallest absolute Gasteiger partial charge is 0.255 e. The molecule has 1 aromatic carbocycles. The van der Waals surface area contributed by atoms with Crippen LogP contribution in [0.15, 0.2) is 42.6 Å². The highest BCUT2D eigenvalue weighted by Gasteiger charge is 2.31. The van der Waals surface area contributed by atoms with Gasteiger partial charge < -0.3 is 9.80 Å². The van der Waals surface area contributed by atoms with Crippen molar-refractivity contribution in [3.05, 3.63) is 53.7 Å². The molecule has 1 atom stereocenters. The quantitative estimate of drug-likeness (QED) is 0.586. The molecule has 1 aliphatic heterocycles. The van der Waals surface area contributed by atoms with Gasteiger partial charge in [0.05, 0.1) is 17.2 Å². The highest BCUT2D eigenvalue weighted by molar-refractivity contribution is 5.94. The Morgan fingerprint density at radius 3 is 2.30 bits per heavy atom. The van der Waals surface area contributed by atoms with Crippen LogP contribution in [0.25, 0.3) is 11.3 Å². The lowest BCUT2D eigenvalue weighted by Crippen LogP contribution is -2.46. The first-order chi connectivity index (χ1) is 16.1. The summed E-state index contributed by atoms with van der Waals surface area (Å²) in [7, 11) is 0. The molecule has 33 heavy (non-hydrogen) atoms. The molecular formula is C28H37N3O2. The molecule has 0 N–H and O–H groups in total. The topological polar surface area (TPSA) is 53.5 Å². The summed E-state index contributed by atoms with van der Waals surface area (Å²) in [6, 6.07) is 12.6. The van der Waals surface area contributed by atoms with Crippen molar-refractivity contribution in [3.63, 3.8) is 0 Å². The molecule has 1 saturated heterocycles. The van der Waals surface area contributed by atoms with Crippen molar-refractivity contribution in [1.29, 1.82) is 0 Å². The summed E-state index contributed by atoms with van der Waals surface area (Å²) >= 11 is 0. The molecule has 1 aromatic heterocycles. The fourth-order valence-electron chi connectivity index (χ4n) is 5.39. The van der Waals surface area contributed by atoms with Gasteiger partial charge in [-0.05, 0) is 63.1 Å². The molecule has 1 saturated carbocycles. The third-order valence-corrected chi connectivity index (χ3v) is 7.43. The number of pyridine rings is 1. The maximum absolute atomic E-state index is 13.1. The van der Waals surface area contributed by atoms with Gasteiger partial charge in [-0.25, -0.2) is 0 Å². The summed E-state index contributed by atoms with van der Waals surface area (Å²) in [5, 5.41) is 0. The van der Waals surface area contributed by atoms with Crippen LogP contribution >= 0.6 is 0 Å². The Bertz CT molecular complexity index is 929. The monoisotopic (exact) mass is 447 g/mol. The number of aromatic nitrogens is 1. The second kappa shape index (κ2) is 11.0. The lowest BCUT2D eigenvalue weighted by molar-refractivity contribution is -0.136. The molecule has 4 rings (SSSR count). The van der Waals surface area contributed by atoms with Gasteiger partial charge in [-0.2, -0.15) is 0 Å². The molecule has 2 fully saturated rings. The Kier molecular flexibility index (Phi) is 7.79. The minimum atomic E-state index is -0.0995. The van der Waals surface area contributed by atoms with Gasteiger partial charge in [0.1, 0.15) is 0 Å². The Balaban J connectivity index is 1.40. The van der Waals surface area contributed by atoms with E-state index in [1.54, 1.807) is 6.20 Å². The van der Waals surface area contributed by atoms with E-state index in [2.05, 4.69) is 29.2 Å². The summed E-state index contributed by atoms with van der Waals surface area (Å²) in [4.78, 5) is 34.2. The molecule has 176 valence electrons. The van der Waals surface area contributed by atoms with Crippen LogP contribution in [0.2, 0.25) is 0 Å². The van der Waals surface area contributed by atoms with Crippen molar-refractivity contribution in [1.82, 2.24) is 14.8 Å². The second-order valence-corrected chi connectivity index (χ2v) is 9.49. The third kappa shape index (κ3) is 5.45. The van der Waals surface area contributed by atoms with Crippen molar-refractivity contribution >= 4 is 11.8 Å². The van der Waals surface area contributed by atoms with Crippen molar-refractivity contribution in [2.75, 3.05) is 26.2 Å². The average Bonchev–Trinajstić information content (AvgIpc) is 2.89. The Labute approximate surface area is 198 Å². The predicted octanol–water partition coefficient (Wildman–Crippen LogP) is 5.52. The van der Waals surface area contributed by atoms with Crippen molar-refractivity contribution in [3.8, 4) is 11.3 Å². The number of hydrogen-bond donors (Lipinski definition) is 0. The number of carbonyl (C=O) groups is 2. The van der Waals surface area contributed by atoms with Crippen LogP contribution in [0.5, 0.6) is 0 Å². The zero-order valence-electron chi connectivity index (χ0n) is 20.1. The van der Waals surface area contributed by atoms with Crippen molar-refractivity contribution in [2.24, 2.45) is 5.92 Å². The van der Waals surface area contributed by atoms with Gasteiger partial charge in [0, 0.05) is 37.9 Å². The number of hydrogen-bond acceptors (Lipinski definition) is 3. The van der Waals surface area contributed by atoms with E-state index in [4.69, 9.17) is 0 Å². The molecular weight excluding hydrogens is 410 g/mol. The van der Waals surface area contributed by atoms with Gasteiger partial charge in [-0.3, -0.25) is 14.6 Å². The summed E-state index contributed by atoms with van der Waals surface area (Å²) in [6.07, 6.45) is 10.0. The zero-order valence-corrected chi connectivity index (χ0v) is 20.1. The zero-order chi connectivity index (χ0) is 23.2. The standard InChI is InChI=1S/C28H37N3O2/c1-3-30(4-2)28(33)25-11-8-18-31(20-25)27(32)24-16-17-26(29-19-24)23-14-12-22(13-15-23)21-9-6-5-7-10-21/h12-17,19,21,25H,3-11,18,20H2,1-2H3/t25-/m1/s1. The first kappa shape index (κ1) is 23.5. The van der Waals surface area contributed by atoms with Gasteiger partial charge in [-0.1, -0.05) is 43.5 Å². The molecule has 0 bridgehead atoms. The van der Waals surface area contributed by atoms with Crippen LogP contribution in [0.3, 0.4) is 0 Å². The first-order valence-corrected chi connectivity index (χ1v) is 12.7. The summed E-state index contributed by atoms with van der Waals surface area (Å²) in [6.45, 7) is 6.64. The van der Waals surface area contributed by atoms with E-state index in [1.807, 2.05) is 35.8 Å². The average molecular weight is 448 g/mol. The van der Waals surface area contributed by atoms with Crippen LogP contribution in [-0.4, -0.2) is 52.8 Å². The highest BCUT2D eigenvalue weighted by atomic mass is 16.2. The van der Waals surface area contributed by atoms with Crippen LogP contribution < -0.4 is 0 Å². The Morgan fingerprint density at radius 1 is 0.939 bits per heavy atom. The maximum atomic E-state index is 13.1. The number of rotatable bonds is 6. The summed E-state index contributed by atoms with van der Waals surface area (Å²) in [5.41, 5.74) is 3.99. The van der Waals surface area contributed by atoms with Gasteiger partial charge in [-0.15, -0.1) is 0 Å². The largest absolute Gasteiger partial charge is 0.343 e. The molecule has 5 heteroatoms. The third-order valence-electron chi connectivity index (χ3n) is 7.43. The van der Waals surface area contributed by atoms with E-state index in [9.17, 15) is 9.59 Å². The molecule has 0 radical (unpaired) electrons. The maximum Gasteiger partial charge on any atom is 0.255 e. The van der Waals surface area contributed by atoms with Crippen LogP contribution in [0, 0.1) is 5.92 Å². The Morgan fingerprint density at radius 2 is 1.67 bits per heavy atom. The number of piperidine rings is 1. The Hall–Kier alpha value is -2.69. The molecule has 2 heterocycles. The van der Waals surface area contributed by atoms with Crippen LogP contribution in [-0.2, 0) is 4.79 Å². The first-order valence-electron chi connectivity index (χ1n) is 12.7. The fraction of sp³-hybridized carbons (Fsp3) is 0.536. The molecule has 0 unspecified atom stereocenters. The minimum absolute atomic E-state index is 0.0289. The molecule has 5 nitrogen and oxygen atoms in total. The van der Waals surface area contributed by atoms with Gasteiger partial charge in [0.15, 0.2) is 0 Å². The number of amides is 2. The number of benzene rings is 1. The predicted molar refractivity (Wildman–Crippen MR) is 132 cm³/mol. The number of likely N-dealkylation sites (tertiary alicyclic amines) is 1. The van der Waals surface area contributed by atoms with Gasteiger partial charge in [0.25, 0.3) is 5.91 Å².